The lowest BCUT2D eigenvalue weighted by Crippen LogP contribution is -2.48. The molecule has 1 aliphatic rings. The van der Waals surface area contributed by atoms with E-state index in [0.29, 0.717) is 54.4 Å². The maximum absolute atomic E-state index is 12.8. The van der Waals surface area contributed by atoms with Crippen LogP contribution in [-0.4, -0.2) is 62.8 Å². The van der Waals surface area contributed by atoms with Gasteiger partial charge in [-0.25, -0.2) is 13.2 Å². The predicted molar refractivity (Wildman–Crippen MR) is 133 cm³/mol. The molecule has 0 aromatic heterocycles. The molecule has 1 saturated heterocycles. The van der Waals surface area contributed by atoms with Crippen LogP contribution in [0, 0.1) is 0 Å². The molecule has 0 unspecified atom stereocenters. The Bertz CT molecular complexity index is 1290. The number of methoxy groups -OCH3 is 1. The van der Waals surface area contributed by atoms with Crippen LogP contribution in [0.1, 0.15) is 26.3 Å². The number of hydrogen-bond donors (Lipinski definition) is 1. The number of sulfonamides is 1. The molecule has 0 atom stereocenters. The van der Waals surface area contributed by atoms with Crippen LogP contribution in [-0.2, 0) is 21.3 Å². The molecule has 0 saturated carbocycles. The fraction of sp³-hybridized carbons (Fsp3) is 0.231. The number of anilines is 1. The fourth-order valence-electron chi connectivity index (χ4n) is 3.93. The zero-order chi connectivity index (χ0) is 24.8. The van der Waals surface area contributed by atoms with Crippen molar-refractivity contribution in [1.29, 1.82) is 0 Å². The van der Waals surface area contributed by atoms with Crippen LogP contribution in [0.5, 0.6) is 0 Å². The van der Waals surface area contributed by atoms with Crippen LogP contribution >= 0.6 is 0 Å². The molecule has 35 heavy (non-hydrogen) atoms. The average Bonchev–Trinajstić information content (AvgIpc) is 2.89. The van der Waals surface area contributed by atoms with Crippen LogP contribution in [0.15, 0.2) is 83.8 Å². The number of esters is 1. The molecule has 1 amide bonds. The molecule has 8 nitrogen and oxygen atoms in total. The monoisotopic (exact) mass is 493 g/mol. The molecule has 1 aliphatic heterocycles. The van der Waals surface area contributed by atoms with E-state index in [0.717, 1.165) is 5.56 Å². The Morgan fingerprint density at radius 3 is 2.20 bits per heavy atom. The zero-order valence-corrected chi connectivity index (χ0v) is 20.2. The summed E-state index contributed by atoms with van der Waals surface area (Å²) in [6.07, 6.45) is 0. The van der Waals surface area contributed by atoms with Crippen molar-refractivity contribution in [1.82, 2.24) is 9.21 Å². The number of carbonyl (C=O) groups is 2. The standard InChI is InChI=1S/C26H27N3O5S/c1-34-26(31)22-6-5-7-23(18-22)27-25(30)21-12-10-20(11-13-21)19-28-14-16-29(17-15-28)35(32,33)24-8-3-2-4-9-24/h2-13,18H,14-17,19H2,1H3,(H,27,30). The summed E-state index contributed by atoms with van der Waals surface area (Å²) in [6.45, 7) is 2.79. The summed E-state index contributed by atoms with van der Waals surface area (Å²) < 4.78 is 31.8. The lowest BCUT2D eigenvalue weighted by molar-refractivity contribution is 0.0600. The van der Waals surface area contributed by atoms with Gasteiger partial charge in [0.1, 0.15) is 0 Å². The van der Waals surface area contributed by atoms with Gasteiger partial charge in [-0.1, -0.05) is 36.4 Å². The van der Waals surface area contributed by atoms with Gasteiger partial charge >= 0.3 is 5.97 Å². The number of nitrogens with one attached hydrogen (secondary N) is 1. The van der Waals surface area contributed by atoms with Gasteiger partial charge in [0.2, 0.25) is 10.0 Å². The summed E-state index contributed by atoms with van der Waals surface area (Å²) in [7, 11) is -2.16. The number of rotatable bonds is 7. The Balaban J connectivity index is 1.31. The molecule has 3 aromatic carbocycles. The van der Waals surface area contributed by atoms with E-state index in [1.165, 1.54) is 11.4 Å². The molecule has 4 rings (SSSR count). The summed E-state index contributed by atoms with van der Waals surface area (Å²) in [5.74, 6) is -0.748. The van der Waals surface area contributed by atoms with Crippen LogP contribution in [0.3, 0.4) is 0 Å². The van der Waals surface area contributed by atoms with E-state index in [4.69, 9.17) is 4.74 Å². The molecular formula is C26H27N3O5S. The summed E-state index contributed by atoms with van der Waals surface area (Å²) in [5.41, 5.74) is 2.40. The minimum Gasteiger partial charge on any atom is -0.465 e. The Hall–Kier alpha value is -3.53. The maximum Gasteiger partial charge on any atom is 0.337 e. The summed E-state index contributed by atoms with van der Waals surface area (Å²) >= 11 is 0. The summed E-state index contributed by atoms with van der Waals surface area (Å²) in [6, 6.07) is 22.4. The van der Waals surface area contributed by atoms with Gasteiger partial charge in [0, 0.05) is 44.0 Å². The van der Waals surface area contributed by atoms with Crippen molar-refractivity contribution >= 4 is 27.6 Å². The van der Waals surface area contributed by atoms with E-state index in [1.807, 2.05) is 12.1 Å². The zero-order valence-electron chi connectivity index (χ0n) is 19.4. The molecule has 0 spiro atoms. The quantitative estimate of drug-likeness (QED) is 0.508. The van der Waals surface area contributed by atoms with Crippen molar-refractivity contribution in [2.45, 2.75) is 11.4 Å². The van der Waals surface area contributed by atoms with Crippen molar-refractivity contribution in [3.8, 4) is 0 Å². The highest BCUT2D eigenvalue weighted by atomic mass is 32.2. The van der Waals surface area contributed by atoms with Crippen molar-refractivity contribution in [2.24, 2.45) is 0 Å². The number of amides is 1. The van der Waals surface area contributed by atoms with E-state index in [9.17, 15) is 18.0 Å². The van der Waals surface area contributed by atoms with Gasteiger partial charge in [-0.05, 0) is 48.0 Å². The van der Waals surface area contributed by atoms with Crippen LogP contribution in [0.25, 0.3) is 0 Å². The maximum atomic E-state index is 12.8. The largest absolute Gasteiger partial charge is 0.465 e. The van der Waals surface area contributed by atoms with E-state index in [2.05, 4.69) is 10.2 Å². The number of benzene rings is 3. The van der Waals surface area contributed by atoms with E-state index >= 15 is 0 Å². The van der Waals surface area contributed by atoms with Crippen molar-refractivity contribution in [3.05, 3.63) is 95.6 Å². The van der Waals surface area contributed by atoms with Gasteiger partial charge < -0.3 is 10.1 Å². The van der Waals surface area contributed by atoms with E-state index < -0.39 is 16.0 Å². The molecule has 1 fully saturated rings. The number of hydrogen-bond acceptors (Lipinski definition) is 6. The Morgan fingerprint density at radius 1 is 0.857 bits per heavy atom. The highest BCUT2D eigenvalue weighted by molar-refractivity contribution is 7.89. The molecule has 1 N–H and O–H groups in total. The smallest absolute Gasteiger partial charge is 0.337 e. The Labute approximate surface area is 205 Å². The van der Waals surface area contributed by atoms with Gasteiger partial charge in [0.05, 0.1) is 17.6 Å². The van der Waals surface area contributed by atoms with E-state index in [1.54, 1.807) is 66.7 Å². The number of carbonyl (C=O) groups excluding carboxylic acids is 2. The lowest BCUT2D eigenvalue weighted by atomic mass is 10.1. The first-order valence-electron chi connectivity index (χ1n) is 11.2. The highest BCUT2D eigenvalue weighted by Gasteiger charge is 2.28. The highest BCUT2D eigenvalue weighted by Crippen LogP contribution is 2.19. The minimum atomic E-state index is -3.47. The second kappa shape index (κ2) is 10.8. The molecule has 182 valence electrons. The lowest BCUT2D eigenvalue weighted by Gasteiger charge is -2.34. The van der Waals surface area contributed by atoms with Gasteiger partial charge in [0.25, 0.3) is 5.91 Å². The van der Waals surface area contributed by atoms with Crippen LogP contribution < -0.4 is 5.32 Å². The molecule has 0 radical (unpaired) electrons. The second-order valence-electron chi connectivity index (χ2n) is 8.22. The molecule has 9 heteroatoms. The van der Waals surface area contributed by atoms with E-state index in [-0.39, 0.29) is 5.91 Å². The second-order valence-corrected chi connectivity index (χ2v) is 10.2. The summed E-state index contributed by atoms with van der Waals surface area (Å²) in [4.78, 5) is 26.8. The fourth-order valence-corrected chi connectivity index (χ4v) is 5.38. The topological polar surface area (TPSA) is 96.0 Å². The minimum absolute atomic E-state index is 0.279. The molecular weight excluding hydrogens is 466 g/mol. The predicted octanol–water partition coefficient (Wildman–Crippen LogP) is 3.23. The first-order chi connectivity index (χ1) is 16.9. The molecule has 0 bridgehead atoms. The van der Waals surface area contributed by atoms with Crippen LogP contribution in [0.4, 0.5) is 5.69 Å². The Morgan fingerprint density at radius 2 is 1.54 bits per heavy atom. The average molecular weight is 494 g/mol. The number of nitrogens with zero attached hydrogens (tertiary/aromatic N) is 2. The number of ether oxygens (including phenoxy) is 1. The van der Waals surface area contributed by atoms with Crippen LogP contribution in [0.2, 0.25) is 0 Å². The molecule has 3 aromatic rings. The van der Waals surface area contributed by atoms with Crippen molar-refractivity contribution < 1.29 is 22.7 Å². The van der Waals surface area contributed by atoms with Gasteiger partial charge in [-0.3, -0.25) is 9.69 Å². The third-order valence-electron chi connectivity index (χ3n) is 5.88. The third kappa shape index (κ3) is 5.94. The normalized spacial score (nSPS) is 14.9. The van der Waals surface area contributed by atoms with Crippen molar-refractivity contribution in [2.75, 3.05) is 38.6 Å². The Kier molecular flexibility index (Phi) is 7.60. The SMILES string of the molecule is COC(=O)c1cccc(NC(=O)c2ccc(CN3CCN(S(=O)(=O)c4ccccc4)CC3)cc2)c1. The molecule has 1 heterocycles. The van der Waals surface area contributed by atoms with Crippen molar-refractivity contribution in [3.63, 3.8) is 0 Å². The third-order valence-corrected chi connectivity index (χ3v) is 7.79. The first kappa shape index (κ1) is 24.6. The van der Waals surface area contributed by atoms with Gasteiger partial charge in [0.15, 0.2) is 0 Å². The molecule has 0 aliphatic carbocycles. The summed E-state index contributed by atoms with van der Waals surface area (Å²) in [5, 5.41) is 2.79. The first-order valence-corrected chi connectivity index (χ1v) is 12.7. The van der Waals surface area contributed by atoms with Gasteiger partial charge in [-0.2, -0.15) is 4.31 Å². The van der Waals surface area contributed by atoms with Gasteiger partial charge in [-0.15, -0.1) is 0 Å². The number of piperazine rings is 1.